The fraction of sp³-hybridized carbons (Fsp3) is 0.143. The largest absolute Gasteiger partial charge is 0.619 e. The van der Waals surface area contributed by atoms with Crippen LogP contribution >= 0.6 is 0 Å². The SMILES string of the molecule is N#Cc1c[n+]([O-])ccc1C(F)(F)F.N#Cc1cnccc1C(F)(F)F. The first-order valence-electron chi connectivity index (χ1n) is 6.12. The molecule has 0 aromatic carbocycles. The van der Waals surface area contributed by atoms with Crippen LogP contribution in [0.15, 0.2) is 36.9 Å². The Hall–Kier alpha value is -3.34. The van der Waals surface area contributed by atoms with E-state index in [1.54, 1.807) is 0 Å². The highest BCUT2D eigenvalue weighted by Gasteiger charge is 2.35. The Labute approximate surface area is 136 Å². The Morgan fingerprint density at radius 3 is 1.88 bits per heavy atom. The molecule has 0 aliphatic carbocycles. The molecule has 11 heteroatoms. The van der Waals surface area contributed by atoms with Gasteiger partial charge in [0.05, 0.1) is 16.7 Å². The topological polar surface area (TPSA) is 87.4 Å². The molecule has 0 fully saturated rings. The lowest BCUT2D eigenvalue weighted by Gasteiger charge is -2.06. The number of hydrogen-bond donors (Lipinski definition) is 0. The van der Waals surface area contributed by atoms with Gasteiger partial charge >= 0.3 is 12.4 Å². The maximum atomic E-state index is 12.1. The van der Waals surface area contributed by atoms with Crippen LogP contribution in [0.5, 0.6) is 0 Å². The van der Waals surface area contributed by atoms with Crippen molar-refractivity contribution in [3.8, 4) is 12.1 Å². The maximum absolute atomic E-state index is 12.1. The summed E-state index contributed by atoms with van der Waals surface area (Å²) in [7, 11) is 0. The van der Waals surface area contributed by atoms with Crippen molar-refractivity contribution < 1.29 is 31.1 Å². The summed E-state index contributed by atoms with van der Waals surface area (Å²) in [6.45, 7) is 0. The number of nitriles is 2. The molecule has 0 unspecified atom stereocenters. The summed E-state index contributed by atoms with van der Waals surface area (Å²) in [4.78, 5) is 3.41. The van der Waals surface area contributed by atoms with Crippen LogP contribution in [0.4, 0.5) is 26.3 Å². The minimum atomic E-state index is -4.60. The summed E-state index contributed by atoms with van der Waals surface area (Å²) < 4.78 is 72.6. The first-order chi connectivity index (χ1) is 11.5. The van der Waals surface area contributed by atoms with E-state index in [2.05, 4.69) is 4.98 Å². The van der Waals surface area contributed by atoms with E-state index >= 15 is 0 Å². The molecule has 5 nitrogen and oxygen atoms in total. The number of halogens is 6. The van der Waals surface area contributed by atoms with Gasteiger partial charge in [0.15, 0.2) is 12.4 Å². The van der Waals surface area contributed by atoms with E-state index in [0.717, 1.165) is 18.5 Å². The molecule has 0 saturated carbocycles. The van der Waals surface area contributed by atoms with Crippen molar-refractivity contribution in [1.29, 1.82) is 10.5 Å². The van der Waals surface area contributed by atoms with Crippen LogP contribution in [0.1, 0.15) is 22.3 Å². The van der Waals surface area contributed by atoms with Gasteiger partial charge in [-0.15, -0.1) is 0 Å². The van der Waals surface area contributed by atoms with Crippen molar-refractivity contribution >= 4 is 0 Å². The van der Waals surface area contributed by atoms with E-state index in [4.69, 9.17) is 10.5 Å². The minimum Gasteiger partial charge on any atom is -0.619 e. The number of rotatable bonds is 0. The van der Waals surface area contributed by atoms with E-state index in [-0.39, 0.29) is 4.73 Å². The Morgan fingerprint density at radius 1 is 0.920 bits per heavy atom. The predicted molar refractivity (Wildman–Crippen MR) is 69.1 cm³/mol. The highest BCUT2D eigenvalue weighted by Crippen LogP contribution is 2.31. The summed E-state index contributed by atoms with van der Waals surface area (Å²) in [6, 6.07) is 4.07. The average molecular weight is 360 g/mol. The van der Waals surface area contributed by atoms with Crippen molar-refractivity contribution in [3.05, 3.63) is 64.4 Å². The molecule has 130 valence electrons. The zero-order valence-electron chi connectivity index (χ0n) is 11.9. The van der Waals surface area contributed by atoms with Gasteiger partial charge in [0, 0.05) is 18.5 Å². The van der Waals surface area contributed by atoms with Crippen molar-refractivity contribution in [2.24, 2.45) is 0 Å². The molecule has 2 aromatic rings. The lowest BCUT2D eigenvalue weighted by molar-refractivity contribution is -0.605. The Morgan fingerprint density at radius 2 is 1.44 bits per heavy atom. The first-order valence-corrected chi connectivity index (χ1v) is 6.12. The van der Waals surface area contributed by atoms with Crippen LogP contribution in [0.25, 0.3) is 0 Å². The van der Waals surface area contributed by atoms with Gasteiger partial charge in [-0.1, -0.05) is 0 Å². The maximum Gasteiger partial charge on any atom is 0.418 e. The normalized spacial score (nSPS) is 10.9. The molecule has 0 aliphatic heterocycles. The second kappa shape index (κ2) is 7.49. The molecule has 0 bridgehead atoms. The zero-order valence-corrected chi connectivity index (χ0v) is 11.9. The summed E-state index contributed by atoms with van der Waals surface area (Å²) >= 11 is 0. The van der Waals surface area contributed by atoms with Crippen LogP contribution in [-0.4, -0.2) is 4.98 Å². The molecule has 0 aliphatic rings. The number of aromatic nitrogens is 2. The van der Waals surface area contributed by atoms with Gasteiger partial charge in [0.2, 0.25) is 0 Å². The van der Waals surface area contributed by atoms with E-state index in [9.17, 15) is 31.5 Å². The van der Waals surface area contributed by atoms with Crippen LogP contribution < -0.4 is 4.73 Å². The lowest BCUT2D eigenvalue weighted by atomic mass is 10.1. The van der Waals surface area contributed by atoms with Crippen LogP contribution in [-0.2, 0) is 12.4 Å². The van der Waals surface area contributed by atoms with Gasteiger partial charge in [-0.3, -0.25) is 4.98 Å². The van der Waals surface area contributed by atoms with Crippen molar-refractivity contribution in [2.45, 2.75) is 12.4 Å². The smallest absolute Gasteiger partial charge is 0.418 e. The molecule has 0 saturated heterocycles. The van der Waals surface area contributed by atoms with Crippen LogP contribution in [0.2, 0.25) is 0 Å². The van der Waals surface area contributed by atoms with Crippen molar-refractivity contribution in [3.63, 3.8) is 0 Å². The van der Waals surface area contributed by atoms with E-state index in [1.807, 2.05) is 0 Å². The highest BCUT2D eigenvalue weighted by atomic mass is 19.4. The third-order valence-electron chi connectivity index (χ3n) is 2.61. The van der Waals surface area contributed by atoms with Gasteiger partial charge in [0.1, 0.15) is 17.7 Å². The molecule has 2 rings (SSSR count). The lowest BCUT2D eigenvalue weighted by Crippen LogP contribution is -2.26. The van der Waals surface area contributed by atoms with Gasteiger partial charge in [-0.2, -0.15) is 41.6 Å². The van der Waals surface area contributed by atoms with Crippen molar-refractivity contribution in [2.75, 3.05) is 0 Å². The van der Waals surface area contributed by atoms with E-state index < -0.39 is 34.6 Å². The third-order valence-corrected chi connectivity index (χ3v) is 2.61. The van der Waals surface area contributed by atoms with Gasteiger partial charge in [-0.25, -0.2) is 0 Å². The Balaban J connectivity index is 0.000000251. The fourth-order valence-corrected chi connectivity index (χ4v) is 1.54. The summed E-state index contributed by atoms with van der Waals surface area (Å²) in [5.41, 5.74) is -3.17. The summed E-state index contributed by atoms with van der Waals surface area (Å²) in [5, 5.41) is 27.1. The van der Waals surface area contributed by atoms with Gasteiger partial charge in [-0.05, 0) is 6.07 Å². The van der Waals surface area contributed by atoms with Crippen molar-refractivity contribution in [1.82, 2.24) is 4.98 Å². The monoisotopic (exact) mass is 360 g/mol. The zero-order chi connectivity index (χ0) is 19.3. The van der Waals surface area contributed by atoms with E-state index in [0.29, 0.717) is 18.5 Å². The van der Waals surface area contributed by atoms with Gasteiger partial charge < -0.3 is 5.21 Å². The second-order valence-corrected chi connectivity index (χ2v) is 4.27. The number of nitrogens with zero attached hydrogens (tertiary/aromatic N) is 4. The fourth-order valence-electron chi connectivity index (χ4n) is 1.54. The molecule has 0 radical (unpaired) electrons. The first kappa shape index (κ1) is 19.7. The van der Waals surface area contributed by atoms with E-state index in [1.165, 1.54) is 12.1 Å². The highest BCUT2D eigenvalue weighted by molar-refractivity contribution is 5.36. The second-order valence-electron chi connectivity index (χ2n) is 4.27. The standard InChI is InChI=1S/C7H3F3N2O.C7H3F3N2/c8-7(9,10)6-1-2-12(13)4-5(6)3-11;8-7(9,10)6-1-2-12-4-5(6)3-11/h1-2,4H;1-2,4H. The molecule has 25 heavy (non-hydrogen) atoms. The molecule has 2 heterocycles. The predicted octanol–water partition coefficient (Wildman–Crippen LogP) is 3.18. The average Bonchev–Trinajstić information content (AvgIpc) is 2.53. The number of alkyl halides is 6. The molecule has 0 atom stereocenters. The Kier molecular flexibility index (Phi) is 5.90. The number of hydrogen-bond acceptors (Lipinski definition) is 4. The molecular formula is C14H6F6N4O. The quantitative estimate of drug-likeness (QED) is 0.410. The van der Waals surface area contributed by atoms with Gasteiger partial charge in [0.25, 0.3) is 0 Å². The molecule has 0 amide bonds. The third kappa shape index (κ3) is 5.35. The minimum absolute atomic E-state index is 0.147. The summed E-state index contributed by atoms with van der Waals surface area (Å²) in [5.74, 6) is 0. The number of pyridine rings is 2. The summed E-state index contributed by atoms with van der Waals surface area (Å²) in [6.07, 6.45) is -5.90. The molecule has 2 aromatic heterocycles. The van der Waals surface area contributed by atoms with Crippen LogP contribution in [0.3, 0.4) is 0 Å². The van der Waals surface area contributed by atoms with Crippen LogP contribution in [0, 0.1) is 27.9 Å². The Bertz CT molecular complexity index is 833. The molecule has 0 spiro atoms. The molecular weight excluding hydrogens is 354 g/mol. The molecule has 0 N–H and O–H groups in total.